The Balaban J connectivity index is 1.99. The largest absolute Gasteiger partial charge is 0.490 e. The Bertz CT molecular complexity index is 379. The topological polar surface area (TPSA) is 85.1 Å². The first-order valence-electron chi connectivity index (χ1n) is 6.44. The molecule has 1 aliphatic carbocycles. The molecule has 0 atom stereocenters. The molecule has 6 nitrogen and oxygen atoms in total. The predicted octanol–water partition coefficient (Wildman–Crippen LogP) is 1.76. The van der Waals surface area contributed by atoms with Crippen LogP contribution in [0.2, 0.25) is 0 Å². The third-order valence-corrected chi connectivity index (χ3v) is 3.43. The lowest BCUT2D eigenvalue weighted by Gasteiger charge is -2.22. The van der Waals surface area contributed by atoms with Gasteiger partial charge in [0.15, 0.2) is 11.6 Å². The molecular formula is C12H21N5O. The second kappa shape index (κ2) is 6.39. The molecule has 1 saturated carbocycles. The van der Waals surface area contributed by atoms with Gasteiger partial charge in [-0.2, -0.15) is 0 Å². The maximum atomic E-state index is 5.39. The van der Waals surface area contributed by atoms with E-state index in [1.165, 1.54) is 38.4 Å². The number of rotatable bonds is 5. The van der Waals surface area contributed by atoms with Crippen LogP contribution in [0.15, 0.2) is 6.33 Å². The number of nitrogens with two attached hydrogens (primary N) is 1. The second-order valence-corrected chi connectivity index (χ2v) is 4.63. The predicted molar refractivity (Wildman–Crippen MR) is 71.5 cm³/mol. The Labute approximate surface area is 107 Å². The summed E-state index contributed by atoms with van der Waals surface area (Å²) in [5.41, 5.74) is 2.51. The molecule has 100 valence electrons. The number of ether oxygens (including phenoxy) is 1. The van der Waals surface area contributed by atoms with Crippen molar-refractivity contribution >= 4 is 11.6 Å². The van der Waals surface area contributed by atoms with Crippen molar-refractivity contribution in [3.63, 3.8) is 0 Å². The van der Waals surface area contributed by atoms with Crippen LogP contribution in [0, 0.1) is 5.92 Å². The summed E-state index contributed by atoms with van der Waals surface area (Å²) in [6.07, 6.45) is 8.10. The first-order chi connectivity index (χ1) is 8.85. The van der Waals surface area contributed by atoms with Crippen molar-refractivity contribution in [2.24, 2.45) is 11.8 Å². The Morgan fingerprint density at radius 1 is 1.28 bits per heavy atom. The van der Waals surface area contributed by atoms with E-state index in [2.05, 4.69) is 20.7 Å². The summed E-state index contributed by atoms with van der Waals surface area (Å²) in [5, 5.41) is 3.34. The molecule has 1 aromatic rings. The van der Waals surface area contributed by atoms with Crippen molar-refractivity contribution in [1.29, 1.82) is 0 Å². The monoisotopic (exact) mass is 251 g/mol. The van der Waals surface area contributed by atoms with Gasteiger partial charge in [-0.05, 0) is 18.8 Å². The SMILES string of the molecule is COc1c(NN)ncnc1NCC1CCCCC1. The van der Waals surface area contributed by atoms with Crippen LogP contribution in [0.1, 0.15) is 32.1 Å². The van der Waals surface area contributed by atoms with E-state index in [0.717, 1.165) is 12.5 Å². The highest BCUT2D eigenvalue weighted by Crippen LogP contribution is 2.29. The van der Waals surface area contributed by atoms with Gasteiger partial charge >= 0.3 is 0 Å². The summed E-state index contributed by atoms with van der Waals surface area (Å²) in [7, 11) is 1.59. The molecule has 1 aromatic heterocycles. The van der Waals surface area contributed by atoms with Crippen molar-refractivity contribution in [1.82, 2.24) is 9.97 Å². The Morgan fingerprint density at radius 3 is 2.67 bits per heavy atom. The summed E-state index contributed by atoms with van der Waals surface area (Å²) in [6.45, 7) is 0.928. The van der Waals surface area contributed by atoms with Crippen molar-refractivity contribution in [3.8, 4) is 5.75 Å². The molecule has 0 radical (unpaired) electrons. The normalized spacial score (nSPS) is 16.3. The molecule has 1 aliphatic rings. The van der Waals surface area contributed by atoms with Crippen molar-refractivity contribution in [2.45, 2.75) is 32.1 Å². The van der Waals surface area contributed by atoms with Crippen LogP contribution in [-0.2, 0) is 0 Å². The smallest absolute Gasteiger partial charge is 0.205 e. The fourth-order valence-corrected chi connectivity index (χ4v) is 2.43. The standard InChI is InChI=1S/C12H21N5O/c1-18-10-11(15-8-16-12(10)17-13)14-7-9-5-3-2-4-6-9/h8-9H,2-7,13H2,1H3,(H2,14,15,16,17). The highest BCUT2D eigenvalue weighted by molar-refractivity contribution is 5.62. The molecule has 6 heteroatoms. The maximum absolute atomic E-state index is 5.39. The van der Waals surface area contributed by atoms with E-state index >= 15 is 0 Å². The number of anilines is 2. The number of nitrogen functional groups attached to an aromatic ring is 1. The summed E-state index contributed by atoms with van der Waals surface area (Å²) in [5.74, 6) is 7.88. The van der Waals surface area contributed by atoms with Gasteiger partial charge in [0, 0.05) is 6.54 Å². The van der Waals surface area contributed by atoms with Gasteiger partial charge in [-0.3, -0.25) is 0 Å². The summed E-state index contributed by atoms with van der Waals surface area (Å²) < 4.78 is 5.28. The van der Waals surface area contributed by atoms with E-state index in [0.29, 0.717) is 17.4 Å². The highest BCUT2D eigenvalue weighted by Gasteiger charge is 2.16. The lowest BCUT2D eigenvalue weighted by Crippen LogP contribution is -2.19. The van der Waals surface area contributed by atoms with Gasteiger partial charge in [-0.25, -0.2) is 15.8 Å². The molecule has 0 aromatic carbocycles. The van der Waals surface area contributed by atoms with E-state index in [1.807, 2.05) is 0 Å². The van der Waals surface area contributed by atoms with Crippen LogP contribution >= 0.6 is 0 Å². The zero-order valence-corrected chi connectivity index (χ0v) is 10.8. The first kappa shape index (κ1) is 12.9. The van der Waals surface area contributed by atoms with Crippen molar-refractivity contribution in [2.75, 3.05) is 24.4 Å². The lowest BCUT2D eigenvalue weighted by atomic mass is 9.89. The van der Waals surface area contributed by atoms with E-state index in [4.69, 9.17) is 10.6 Å². The maximum Gasteiger partial charge on any atom is 0.205 e. The average Bonchev–Trinajstić information content (AvgIpc) is 2.45. The van der Waals surface area contributed by atoms with Gasteiger partial charge in [0.05, 0.1) is 7.11 Å². The first-order valence-corrected chi connectivity index (χ1v) is 6.44. The number of nitrogens with one attached hydrogen (secondary N) is 2. The van der Waals surface area contributed by atoms with Gasteiger partial charge in [0.1, 0.15) is 6.33 Å². The molecule has 18 heavy (non-hydrogen) atoms. The number of nitrogens with zero attached hydrogens (tertiary/aromatic N) is 2. The van der Waals surface area contributed by atoms with Crippen LogP contribution in [0.5, 0.6) is 5.75 Å². The molecule has 0 spiro atoms. The number of hydrogen-bond acceptors (Lipinski definition) is 6. The summed E-state index contributed by atoms with van der Waals surface area (Å²) >= 11 is 0. The van der Waals surface area contributed by atoms with E-state index in [-0.39, 0.29) is 0 Å². The minimum absolute atomic E-state index is 0.499. The van der Waals surface area contributed by atoms with Crippen LogP contribution < -0.4 is 21.3 Å². The zero-order valence-electron chi connectivity index (χ0n) is 10.8. The molecule has 0 bridgehead atoms. The summed E-state index contributed by atoms with van der Waals surface area (Å²) in [6, 6.07) is 0. The van der Waals surface area contributed by atoms with Gasteiger partial charge in [0.2, 0.25) is 5.75 Å². The van der Waals surface area contributed by atoms with Crippen LogP contribution in [-0.4, -0.2) is 23.6 Å². The third-order valence-electron chi connectivity index (χ3n) is 3.43. The lowest BCUT2D eigenvalue weighted by molar-refractivity contribution is 0.371. The van der Waals surface area contributed by atoms with Crippen molar-refractivity contribution in [3.05, 3.63) is 6.33 Å². The Kier molecular flexibility index (Phi) is 4.58. The second-order valence-electron chi connectivity index (χ2n) is 4.63. The van der Waals surface area contributed by atoms with Gasteiger partial charge < -0.3 is 15.5 Å². The summed E-state index contributed by atoms with van der Waals surface area (Å²) in [4.78, 5) is 8.21. The van der Waals surface area contributed by atoms with E-state index in [1.54, 1.807) is 7.11 Å². The van der Waals surface area contributed by atoms with Gasteiger partial charge in [-0.15, -0.1) is 0 Å². The fourth-order valence-electron chi connectivity index (χ4n) is 2.43. The molecular weight excluding hydrogens is 230 g/mol. The Hall–Kier alpha value is -1.56. The van der Waals surface area contributed by atoms with Gasteiger partial charge in [0.25, 0.3) is 0 Å². The molecule has 0 unspecified atom stereocenters. The highest BCUT2D eigenvalue weighted by atomic mass is 16.5. The number of hydrazine groups is 1. The molecule has 2 rings (SSSR count). The zero-order chi connectivity index (χ0) is 12.8. The van der Waals surface area contributed by atoms with Gasteiger partial charge in [-0.1, -0.05) is 19.3 Å². The van der Waals surface area contributed by atoms with E-state index < -0.39 is 0 Å². The molecule has 0 aliphatic heterocycles. The minimum atomic E-state index is 0.499. The average molecular weight is 251 g/mol. The van der Waals surface area contributed by atoms with Crippen LogP contribution in [0.4, 0.5) is 11.6 Å². The third kappa shape index (κ3) is 3.01. The molecule has 4 N–H and O–H groups in total. The number of methoxy groups -OCH3 is 1. The quantitative estimate of drug-likeness (QED) is 0.546. The number of hydrogen-bond donors (Lipinski definition) is 3. The van der Waals surface area contributed by atoms with E-state index in [9.17, 15) is 0 Å². The number of aromatic nitrogens is 2. The molecule has 1 heterocycles. The van der Waals surface area contributed by atoms with Crippen LogP contribution in [0.25, 0.3) is 0 Å². The Morgan fingerprint density at radius 2 is 2.00 bits per heavy atom. The molecule has 1 fully saturated rings. The van der Waals surface area contributed by atoms with Crippen LogP contribution in [0.3, 0.4) is 0 Å². The van der Waals surface area contributed by atoms with Crippen molar-refractivity contribution < 1.29 is 4.74 Å². The molecule has 0 amide bonds. The molecule has 0 saturated heterocycles. The minimum Gasteiger partial charge on any atom is -0.490 e. The fraction of sp³-hybridized carbons (Fsp3) is 0.667.